The van der Waals surface area contributed by atoms with Crippen molar-refractivity contribution in [3.05, 3.63) is 24.3 Å². The van der Waals surface area contributed by atoms with E-state index in [0.29, 0.717) is 0 Å². The standard InChI is InChI=1S/C28H43N5O6/c1-27(2,3)23(25(37)32-17-19(34)14-21(32)26(38)39-28(4,5)6)33(18-10-8-7-9-11-18)22(35)16-31-24(36)20-15-29-12-13-30-20/h12-13,15,18-19,21,23,34H,7-11,14,16-17H2,1-6H3,(H,31,36). The Bertz CT molecular complexity index is 1030. The Morgan fingerprint density at radius 3 is 2.33 bits per heavy atom. The summed E-state index contributed by atoms with van der Waals surface area (Å²) < 4.78 is 5.56. The van der Waals surface area contributed by atoms with Crippen LogP contribution in [-0.2, 0) is 19.1 Å². The second-order valence-corrected chi connectivity index (χ2v) is 12.6. The summed E-state index contributed by atoms with van der Waals surface area (Å²) in [6.45, 7) is 10.6. The summed E-state index contributed by atoms with van der Waals surface area (Å²) in [4.78, 5) is 64.6. The number of likely N-dealkylation sites (tertiary alicyclic amines) is 1. The molecule has 39 heavy (non-hydrogen) atoms. The van der Waals surface area contributed by atoms with Gasteiger partial charge in [0.25, 0.3) is 5.91 Å². The van der Waals surface area contributed by atoms with Gasteiger partial charge in [-0.05, 0) is 39.0 Å². The van der Waals surface area contributed by atoms with E-state index >= 15 is 0 Å². The zero-order chi connectivity index (χ0) is 29.0. The first-order chi connectivity index (χ1) is 18.2. The molecule has 2 fully saturated rings. The third-order valence-electron chi connectivity index (χ3n) is 7.03. The molecule has 1 saturated heterocycles. The number of nitrogens with one attached hydrogen (secondary N) is 1. The summed E-state index contributed by atoms with van der Waals surface area (Å²) in [5.74, 6) is -1.91. The van der Waals surface area contributed by atoms with Crippen LogP contribution in [0, 0.1) is 5.41 Å². The number of aromatic nitrogens is 2. The molecule has 11 nitrogen and oxygen atoms in total. The monoisotopic (exact) mass is 545 g/mol. The van der Waals surface area contributed by atoms with Crippen molar-refractivity contribution >= 4 is 23.7 Å². The number of esters is 1. The Morgan fingerprint density at radius 2 is 1.77 bits per heavy atom. The fourth-order valence-electron chi connectivity index (χ4n) is 5.39. The number of amides is 3. The predicted octanol–water partition coefficient (Wildman–Crippen LogP) is 2.09. The molecule has 216 valence electrons. The second kappa shape index (κ2) is 12.4. The van der Waals surface area contributed by atoms with E-state index in [1.165, 1.54) is 23.5 Å². The molecule has 1 saturated carbocycles. The number of rotatable bonds is 7. The van der Waals surface area contributed by atoms with Gasteiger partial charge in [-0.25, -0.2) is 9.78 Å². The molecule has 2 aliphatic rings. The van der Waals surface area contributed by atoms with Gasteiger partial charge in [0, 0.05) is 31.4 Å². The number of aliphatic hydroxyl groups is 1. The van der Waals surface area contributed by atoms with Crippen LogP contribution in [0.2, 0.25) is 0 Å². The Labute approximate surface area is 230 Å². The molecule has 1 aromatic heterocycles. The molecule has 1 aromatic rings. The van der Waals surface area contributed by atoms with E-state index in [9.17, 15) is 24.3 Å². The average molecular weight is 546 g/mol. The first-order valence-corrected chi connectivity index (χ1v) is 13.8. The summed E-state index contributed by atoms with van der Waals surface area (Å²) in [6, 6.07) is -2.06. The fourth-order valence-corrected chi connectivity index (χ4v) is 5.39. The SMILES string of the molecule is CC(C)(C)OC(=O)C1CC(O)CN1C(=O)C(N(C(=O)CNC(=O)c1cnccn1)C1CCCCC1)C(C)(C)C. The lowest BCUT2D eigenvalue weighted by molar-refractivity contribution is -0.166. The van der Waals surface area contributed by atoms with E-state index < -0.39 is 47.0 Å². The minimum absolute atomic E-state index is 0.0224. The molecule has 0 radical (unpaired) electrons. The van der Waals surface area contributed by atoms with Crippen LogP contribution in [-0.4, -0.2) is 91.5 Å². The molecule has 1 aliphatic carbocycles. The predicted molar refractivity (Wildman–Crippen MR) is 143 cm³/mol. The van der Waals surface area contributed by atoms with Crippen LogP contribution in [0.25, 0.3) is 0 Å². The van der Waals surface area contributed by atoms with Gasteiger partial charge in [-0.1, -0.05) is 40.0 Å². The van der Waals surface area contributed by atoms with Crippen molar-refractivity contribution in [3.8, 4) is 0 Å². The molecule has 2 N–H and O–H groups in total. The zero-order valence-electron chi connectivity index (χ0n) is 24.0. The number of hydrogen-bond acceptors (Lipinski definition) is 8. The van der Waals surface area contributed by atoms with Crippen molar-refractivity contribution < 1.29 is 29.0 Å². The molecule has 0 aromatic carbocycles. The van der Waals surface area contributed by atoms with Crippen LogP contribution in [0.3, 0.4) is 0 Å². The van der Waals surface area contributed by atoms with Gasteiger partial charge < -0.3 is 25.0 Å². The number of carbonyl (C=O) groups excluding carboxylic acids is 4. The van der Waals surface area contributed by atoms with Gasteiger partial charge in [0.1, 0.15) is 23.4 Å². The normalized spacial score (nSPS) is 21.3. The number of hydrogen-bond donors (Lipinski definition) is 2. The van der Waals surface area contributed by atoms with E-state index in [2.05, 4.69) is 15.3 Å². The molecular weight excluding hydrogens is 502 g/mol. The highest BCUT2D eigenvalue weighted by atomic mass is 16.6. The van der Waals surface area contributed by atoms with Crippen LogP contribution >= 0.6 is 0 Å². The molecular formula is C28H43N5O6. The summed E-state index contributed by atoms with van der Waals surface area (Å²) in [5, 5.41) is 13.1. The highest BCUT2D eigenvalue weighted by Gasteiger charge is 2.49. The zero-order valence-corrected chi connectivity index (χ0v) is 24.0. The van der Waals surface area contributed by atoms with Gasteiger partial charge in [0.05, 0.1) is 18.8 Å². The van der Waals surface area contributed by atoms with Gasteiger partial charge in [-0.3, -0.25) is 19.4 Å². The van der Waals surface area contributed by atoms with E-state index in [1.54, 1.807) is 25.7 Å². The van der Waals surface area contributed by atoms with E-state index in [1.807, 2.05) is 20.8 Å². The topological polar surface area (TPSA) is 142 Å². The number of ether oxygens (including phenoxy) is 1. The summed E-state index contributed by atoms with van der Waals surface area (Å²) in [7, 11) is 0. The minimum atomic E-state index is -0.948. The summed E-state index contributed by atoms with van der Waals surface area (Å²) in [6.07, 6.45) is 7.73. The third kappa shape index (κ3) is 7.97. The molecule has 2 heterocycles. The van der Waals surface area contributed by atoms with Crippen molar-refractivity contribution in [1.82, 2.24) is 25.1 Å². The number of β-amino-alcohol motifs (C(OH)–C–C–N with tert-alkyl or cyclic N) is 1. The molecule has 0 spiro atoms. The lowest BCUT2D eigenvalue weighted by atomic mass is 9.81. The quantitative estimate of drug-likeness (QED) is 0.496. The Morgan fingerprint density at radius 1 is 1.10 bits per heavy atom. The van der Waals surface area contributed by atoms with Crippen LogP contribution < -0.4 is 5.32 Å². The van der Waals surface area contributed by atoms with Crippen LogP contribution in [0.5, 0.6) is 0 Å². The highest BCUT2D eigenvalue weighted by molar-refractivity contribution is 5.96. The van der Waals surface area contributed by atoms with Crippen LogP contribution in [0.1, 0.15) is 90.6 Å². The Hall–Kier alpha value is -3.08. The lowest BCUT2D eigenvalue weighted by Gasteiger charge is -2.46. The van der Waals surface area contributed by atoms with Crippen molar-refractivity contribution in [3.63, 3.8) is 0 Å². The molecule has 1 aliphatic heterocycles. The van der Waals surface area contributed by atoms with Crippen molar-refractivity contribution in [2.75, 3.05) is 13.1 Å². The maximum absolute atomic E-state index is 14.3. The second-order valence-electron chi connectivity index (χ2n) is 12.6. The van der Waals surface area contributed by atoms with Crippen molar-refractivity contribution in [2.45, 2.75) is 110 Å². The third-order valence-corrected chi connectivity index (χ3v) is 7.03. The van der Waals surface area contributed by atoms with Crippen LogP contribution in [0.15, 0.2) is 18.6 Å². The average Bonchev–Trinajstić information content (AvgIpc) is 3.26. The Kier molecular flexibility index (Phi) is 9.69. The van der Waals surface area contributed by atoms with Gasteiger partial charge in [0.2, 0.25) is 11.8 Å². The lowest BCUT2D eigenvalue weighted by Crippen LogP contribution is -2.62. The molecule has 3 unspecified atom stereocenters. The maximum atomic E-state index is 14.3. The van der Waals surface area contributed by atoms with E-state index in [-0.39, 0.29) is 37.2 Å². The molecule has 0 bridgehead atoms. The fraction of sp³-hybridized carbons (Fsp3) is 0.714. The molecule has 3 rings (SSSR count). The van der Waals surface area contributed by atoms with Crippen molar-refractivity contribution in [2.24, 2.45) is 5.41 Å². The Balaban J connectivity index is 1.91. The molecule has 3 atom stereocenters. The minimum Gasteiger partial charge on any atom is -0.458 e. The summed E-state index contributed by atoms with van der Waals surface area (Å²) in [5.41, 5.74) is -1.37. The van der Waals surface area contributed by atoms with Crippen LogP contribution in [0.4, 0.5) is 0 Å². The van der Waals surface area contributed by atoms with Gasteiger partial charge >= 0.3 is 5.97 Å². The smallest absolute Gasteiger partial charge is 0.329 e. The van der Waals surface area contributed by atoms with Gasteiger partial charge in [-0.2, -0.15) is 0 Å². The van der Waals surface area contributed by atoms with Crippen molar-refractivity contribution in [1.29, 1.82) is 0 Å². The van der Waals surface area contributed by atoms with Gasteiger partial charge in [0.15, 0.2) is 0 Å². The summed E-state index contributed by atoms with van der Waals surface area (Å²) >= 11 is 0. The first kappa shape index (κ1) is 30.5. The maximum Gasteiger partial charge on any atom is 0.329 e. The molecule has 3 amide bonds. The number of nitrogens with zero attached hydrogens (tertiary/aromatic N) is 4. The first-order valence-electron chi connectivity index (χ1n) is 13.8. The number of aliphatic hydroxyl groups excluding tert-OH is 1. The van der Waals surface area contributed by atoms with Gasteiger partial charge in [-0.15, -0.1) is 0 Å². The van der Waals surface area contributed by atoms with E-state index in [0.717, 1.165) is 32.1 Å². The highest BCUT2D eigenvalue weighted by Crippen LogP contribution is 2.34. The number of carbonyl (C=O) groups is 4. The molecule has 11 heteroatoms. The van der Waals surface area contributed by atoms with E-state index in [4.69, 9.17) is 4.74 Å². The largest absolute Gasteiger partial charge is 0.458 e.